The number of halogens is 1. The molecule has 0 bridgehead atoms. The number of aryl methyl sites for hydroxylation is 2. The number of carbonyl (C=O) groups excluding carboxylic acids is 2. The van der Waals surface area contributed by atoms with Crippen molar-refractivity contribution in [2.24, 2.45) is 0 Å². The van der Waals surface area contributed by atoms with Gasteiger partial charge in [-0.3, -0.25) is 29.8 Å². The minimum Gasteiger partial charge on any atom is -0.280 e. The second kappa shape index (κ2) is 8.96. The molecule has 0 fully saturated rings. The van der Waals surface area contributed by atoms with Crippen LogP contribution in [0.15, 0.2) is 59.5 Å². The number of nitrogens with zero attached hydrogens (tertiary/aromatic N) is 2. The number of rotatable bonds is 6. The lowest BCUT2D eigenvalue weighted by molar-refractivity contribution is -0.122. The maximum Gasteiger partial charge on any atom is 0.269 e. The summed E-state index contributed by atoms with van der Waals surface area (Å²) in [5.41, 5.74) is 6.27. The first-order valence-electron chi connectivity index (χ1n) is 9.13. The standard InChI is InChI=1S/C20H20FN5O4S/c1-13-10-14(2)26(24-13)12-19(27)22-23-20(28)15-4-3-5-18(11-15)31(29,30)25-17-8-6-16(21)7-9-17/h3-11,25H,12H2,1-2H3,(H,22,27)(H,23,28). The molecule has 1 aromatic heterocycles. The summed E-state index contributed by atoms with van der Waals surface area (Å²) in [5, 5.41) is 4.16. The Kier molecular flexibility index (Phi) is 6.35. The van der Waals surface area contributed by atoms with E-state index in [-0.39, 0.29) is 22.7 Å². The summed E-state index contributed by atoms with van der Waals surface area (Å²) in [5.74, 6) is -1.69. The maximum absolute atomic E-state index is 13.0. The van der Waals surface area contributed by atoms with E-state index in [9.17, 15) is 22.4 Å². The van der Waals surface area contributed by atoms with E-state index in [4.69, 9.17) is 0 Å². The average Bonchev–Trinajstić information content (AvgIpc) is 3.04. The van der Waals surface area contributed by atoms with Gasteiger partial charge in [0.2, 0.25) is 0 Å². The lowest BCUT2D eigenvalue weighted by Gasteiger charge is -2.11. The fourth-order valence-corrected chi connectivity index (χ4v) is 3.85. The number of hydrazine groups is 1. The van der Waals surface area contributed by atoms with Crippen LogP contribution in [-0.4, -0.2) is 30.0 Å². The van der Waals surface area contributed by atoms with Crippen LogP contribution in [0.4, 0.5) is 10.1 Å². The van der Waals surface area contributed by atoms with Gasteiger partial charge in [0.1, 0.15) is 12.4 Å². The van der Waals surface area contributed by atoms with Crippen molar-refractivity contribution in [3.63, 3.8) is 0 Å². The molecule has 11 heteroatoms. The van der Waals surface area contributed by atoms with Gasteiger partial charge < -0.3 is 0 Å². The van der Waals surface area contributed by atoms with Gasteiger partial charge in [0.05, 0.1) is 10.6 Å². The van der Waals surface area contributed by atoms with Gasteiger partial charge >= 0.3 is 0 Å². The second-order valence-electron chi connectivity index (χ2n) is 6.73. The zero-order valence-corrected chi connectivity index (χ0v) is 17.5. The molecular formula is C20H20FN5O4S. The molecule has 0 atom stereocenters. The van der Waals surface area contributed by atoms with E-state index >= 15 is 0 Å². The van der Waals surface area contributed by atoms with Crippen LogP contribution in [0, 0.1) is 19.7 Å². The quantitative estimate of drug-likeness (QED) is 0.500. The number of anilines is 1. The lowest BCUT2D eigenvalue weighted by Crippen LogP contribution is -2.43. The smallest absolute Gasteiger partial charge is 0.269 e. The molecule has 1 heterocycles. The first-order chi connectivity index (χ1) is 14.6. The molecular weight excluding hydrogens is 425 g/mol. The molecule has 0 saturated carbocycles. The Labute approximate surface area is 178 Å². The molecule has 9 nitrogen and oxygen atoms in total. The molecule has 162 valence electrons. The highest BCUT2D eigenvalue weighted by Gasteiger charge is 2.17. The Morgan fingerprint density at radius 2 is 1.74 bits per heavy atom. The van der Waals surface area contributed by atoms with Crippen molar-refractivity contribution >= 4 is 27.5 Å². The zero-order valence-electron chi connectivity index (χ0n) is 16.7. The van der Waals surface area contributed by atoms with Gasteiger partial charge in [0, 0.05) is 16.9 Å². The maximum atomic E-state index is 13.0. The van der Waals surface area contributed by atoms with Gasteiger partial charge in [-0.1, -0.05) is 6.07 Å². The van der Waals surface area contributed by atoms with E-state index in [1.54, 1.807) is 13.8 Å². The van der Waals surface area contributed by atoms with Crippen molar-refractivity contribution in [3.8, 4) is 0 Å². The number of nitrogens with one attached hydrogen (secondary N) is 3. The SMILES string of the molecule is Cc1cc(C)n(CC(=O)NNC(=O)c2cccc(S(=O)(=O)Nc3ccc(F)cc3)c2)n1. The van der Waals surface area contributed by atoms with Crippen LogP contribution in [0.25, 0.3) is 0 Å². The Morgan fingerprint density at radius 1 is 1.03 bits per heavy atom. The minimum atomic E-state index is -4.01. The summed E-state index contributed by atoms with van der Waals surface area (Å²) in [4.78, 5) is 24.2. The molecule has 0 aliphatic heterocycles. The number of hydrogen-bond acceptors (Lipinski definition) is 5. The van der Waals surface area contributed by atoms with Crippen LogP contribution >= 0.6 is 0 Å². The van der Waals surface area contributed by atoms with Crippen LogP contribution in [0.1, 0.15) is 21.7 Å². The third-order valence-electron chi connectivity index (χ3n) is 4.22. The Bertz CT molecular complexity index is 1220. The van der Waals surface area contributed by atoms with Crippen LogP contribution < -0.4 is 15.6 Å². The molecule has 0 spiro atoms. The Hall–Kier alpha value is -3.73. The van der Waals surface area contributed by atoms with Crippen molar-refractivity contribution < 1.29 is 22.4 Å². The van der Waals surface area contributed by atoms with E-state index in [2.05, 4.69) is 20.7 Å². The molecule has 2 aromatic carbocycles. The summed E-state index contributed by atoms with van der Waals surface area (Å²) in [6.07, 6.45) is 0. The second-order valence-corrected chi connectivity index (χ2v) is 8.41. The van der Waals surface area contributed by atoms with Gasteiger partial charge in [-0.25, -0.2) is 12.8 Å². The number of amides is 2. The van der Waals surface area contributed by atoms with Crippen molar-refractivity contribution in [2.75, 3.05) is 4.72 Å². The third kappa shape index (κ3) is 5.66. The van der Waals surface area contributed by atoms with E-state index in [0.717, 1.165) is 29.6 Å². The lowest BCUT2D eigenvalue weighted by atomic mass is 10.2. The predicted octanol–water partition coefficient (Wildman–Crippen LogP) is 1.90. The summed E-state index contributed by atoms with van der Waals surface area (Å²) >= 11 is 0. The van der Waals surface area contributed by atoms with Crippen LogP contribution in [0.2, 0.25) is 0 Å². The summed E-state index contributed by atoms with van der Waals surface area (Å²) in [6.45, 7) is 3.52. The highest BCUT2D eigenvalue weighted by atomic mass is 32.2. The number of carbonyl (C=O) groups is 2. The van der Waals surface area contributed by atoms with Gasteiger partial charge in [0.25, 0.3) is 21.8 Å². The van der Waals surface area contributed by atoms with E-state index in [1.165, 1.54) is 35.0 Å². The number of benzene rings is 2. The molecule has 3 aromatic rings. The normalized spacial score (nSPS) is 11.1. The van der Waals surface area contributed by atoms with E-state index < -0.39 is 27.7 Å². The van der Waals surface area contributed by atoms with Gasteiger partial charge in [-0.05, 0) is 62.4 Å². The summed E-state index contributed by atoms with van der Waals surface area (Å²) < 4.78 is 41.9. The molecule has 31 heavy (non-hydrogen) atoms. The van der Waals surface area contributed by atoms with Crippen LogP contribution in [0.3, 0.4) is 0 Å². The first-order valence-corrected chi connectivity index (χ1v) is 10.6. The Morgan fingerprint density at radius 3 is 2.39 bits per heavy atom. The summed E-state index contributed by atoms with van der Waals surface area (Å²) in [6, 6.07) is 11.9. The Balaban J connectivity index is 1.64. The minimum absolute atomic E-state index is 0.0217. The van der Waals surface area contributed by atoms with Crippen molar-refractivity contribution in [3.05, 3.63) is 77.4 Å². The van der Waals surface area contributed by atoms with Crippen molar-refractivity contribution in [1.29, 1.82) is 0 Å². The summed E-state index contributed by atoms with van der Waals surface area (Å²) in [7, 11) is -4.01. The van der Waals surface area contributed by atoms with Crippen LogP contribution in [0.5, 0.6) is 0 Å². The van der Waals surface area contributed by atoms with Gasteiger partial charge in [-0.15, -0.1) is 0 Å². The van der Waals surface area contributed by atoms with Crippen molar-refractivity contribution in [2.45, 2.75) is 25.3 Å². The van der Waals surface area contributed by atoms with Gasteiger partial charge in [0.15, 0.2) is 0 Å². The fourth-order valence-electron chi connectivity index (χ4n) is 2.75. The molecule has 3 N–H and O–H groups in total. The average molecular weight is 445 g/mol. The number of hydrogen-bond donors (Lipinski definition) is 3. The molecule has 0 saturated heterocycles. The number of sulfonamides is 1. The monoisotopic (exact) mass is 445 g/mol. The largest absolute Gasteiger partial charge is 0.280 e. The topological polar surface area (TPSA) is 122 Å². The van der Waals surface area contributed by atoms with E-state index in [1.807, 2.05) is 6.07 Å². The highest BCUT2D eigenvalue weighted by molar-refractivity contribution is 7.92. The van der Waals surface area contributed by atoms with E-state index in [0.29, 0.717) is 0 Å². The molecule has 0 radical (unpaired) electrons. The zero-order chi connectivity index (χ0) is 22.6. The molecule has 2 amide bonds. The molecule has 3 rings (SSSR count). The molecule has 0 aliphatic carbocycles. The van der Waals surface area contributed by atoms with Crippen molar-refractivity contribution in [1.82, 2.24) is 20.6 Å². The fraction of sp³-hybridized carbons (Fsp3) is 0.150. The van der Waals surface area contributed by atoms with Gasteiger partial charge in [-0.2, -0.15) is 5.10 Å². The molecule has 0 aliphatic rings. The van der Waals surface area contributed by atoms with Crippen LogP contribution in [-0.2, 0) is 21.4 Å². The molecule has 0 unspecified atom stereocenters. The number of aromatic nitrogens is 2. The predicted molar refractivity (Wildman–Crippen MR) is 111 cm³/mol. The first kappa shape index (κ1) is 22.0. The highest BCUT2D eigenvalue weighted by Crippen LogP contribution is 2.17. The third-order valence-corrected chi connectivity index (χ3v) is 5.59.